The van der Waals surface area contributed by atoms with Crippen LogP contribution in [0.15, 0.2) is 24.3 Å². The van der Waals surface area contributed by atoms with E-state index < -0.39 is 5.41 Å². The molecule has 0 saturated carbocycles. The fraction of sp³-hybridized carbons (Fsp3) is 0.500. The Morgan fingerprint density at radius 3 is 2.71 bits per heavy atom. The molecule has 0 N–H and O–H groups in total. The summed E-state index contributed by atoms with van der Waals surface area (Å²) in [4.78, 5) is 28.4. The summed E-state index contributed by atoms with van der Waals surface area (Å²) in [6.07, 6.45) is 2.10. The number of carbonyl (C=O) groups excluding carboxylic acids is 2. The van der Waals surface area contributed by atoms with Gasteiger partial charge in [-0.05, 0) is 24.5 Å². The number of hydrogen-bond donors (Lipinski definition) is 0. The molecule has 0 unspecified atom stereocenters. The third-order valence-electron chi connectivity index (χ3n) is 4.68. The van der Waals surface area contributed by atoms with Crippen molar-refractivity contribution in [2.75, 3.05) is 20.6 Å². The molecule has 0 radical (unpaired) electrons. The predicted molar refractivity (Wildman–Crippen MR) is 81.2 cm³/mol. The largest absolute Gasteiger partial charge is 0.348 e. The summed E-state index contributed by atoms with van der Waals surface area (Å²) in [6.45, 7) is 0.442. The number of fused-ring (bicyclic) bond motifs is 1. The Labute approximate surface area is 129 Å². The van der Waals surface area contributed by atoms with Gasteiger partial charge in [0.2, 0.25) is 11.8 Å². The van der Waals surface area contributed by atoms with Crippen LogP contribution in [0, 0.1) is 0 Å². The molecule has 5 heteroatoms. The quantitative estimate of drug-likeness (QED) is 0.839. The molecule has 2 aliphatic heterocycles. The zero-order valence-electron chi connectivity index (χ0n) is 12.3. The minimum atomic E-state index is -0.706. The van der Waals surface area contributed by atoms with E-state index in [1.54, 1.807) is 19.0 Å². The van der Waals surface area contributed by atoms with Gasteiger partial charge in [-0.25, -0.2) is 0 Å². The number of halogens is 1. The van der Waals surface area contributed by atoms with Crippen LogP contribution in [0.1, 0.15) is 24.8 Å². The van der Waals surface area contributed by atoms with E-state index in [1.165, 1.54) is 0 Å². The standard InChI is InChI=1S/C16H19ClN2O2/c1-18(2)15(21)16(12-5-3-4-6-13(12)17)9-11-7-8-14(20)19(11)10-16/h3-6,11H,7-10H2,1-2H3/t11-,16-/m0/s1. The Bertz CT molecular complexity index is 602. The van der Waals surface area contributed by atoms with E-state index in [9.17, 15) is 9.59 Å². The maximum atomic E-state index is 12.9. The average Bonchev–Trinajstić information content (AvgIpc) is 2.99. The topological polar surface area (TPSA) is 40.6 Å². The van der Waals surface area contributed by atoms with Crippen LogP contribution in [0.3, 0.4) is 0 Å². The van der Waals surface area contributed by atoms with Gasteiger partial charge in [0, 0.05) is 38.1 Å². The van der Waals surface area contributed by atoms with Crippen molar-refractivity contribution in [3.8, 4) is 0 Å². The van der Waals surface area contributed by atoms with Crippen molar-refractivity contribution in [3.05, 3.63) is 34.9 Å². The SMILES string of the molecule is CN(C)C(=O)[C@@]1(c2ccccc2Cl)C[C@@H]2CCC(=O)N2C1. The van der Waals surface area contributed by atoms with Gasteiger partial charge >= 0.3 is 0 Å². The molecule has 0 aliphatic carbocycles. The average molecular weight is 307 g/mol. The summed E-state index contributed by atoms with van der Waals surface area (Å²) in [5.74, 6) is 0.179. The van der Waals surface area contributed by atoms with Crippen LogP contribution in [-0.2, 0) is 15.0 Å². The van der Waals surface area contributed by atoms with E-state index in [4.69, 9.17) is 11.6 Å². The molecule has 2 aliphatic rings. The fourth-order valence-electron chi connectivity index (χ4n) is 3.72. The van der Waals surface area contributed by atoms with Crippen molar-refractivity contribution in [2.45, 2.75) is 30.7 Å². The molecule has 3 rings (SSSR count). The monoisotopic (exact) mass is 306 g/mol. The molecule has 21 heavy (non-hydrogen) atoms. The lowest BCUT2D eigenvalue weighted by Gasteiger charge is -2.32. The van der Waals surface area contributed by atoms with E-state index in [1.807, 2.05) is 29.2 Å². The first kappa shape index (κ1) is 14.4. The van der Waals surface area contributed by atoms with Crippen LogP contribution in [-0.4, -0.2) is 48.3 Å². The Morgan fingerprint density at radius 2 is 2.10 bits per heavy atom. The molecule has 2 saturated heterocycles. The molecule has 2 amide bonds. The lowest BCUT2D eigenvalue weighted by atomic mass is 9.76. The zero-order valence-corrected chi connectivity index (χ0v) is 13.1. The van der Waals surface area contributed by atoms with E-state index >= 15 is 0 Å². The second-order valence-electron chi connectivity index (χ2n) is 6.18. The van der Waals surface area contributed by atoms with Crippen LogP contribution in [0.2, 0.25) is 5.02 Å². The summed E-state index contributed by atoms with van der Waals surface area (Å²) in [7, 11) is 3.51. The van der Waals surface area contributed by atoms with E-state index in [0.29, 0.717) is 24.4 Å². The maximum absolute atomic E-state index is 12.9. The number of nitrogens with zero attached hydrogens (tertiary/aromatic N) is 2. The first-order valence-electron chi connectivity index (χ1n) is 7.22. The van der Waals surface area contributed by atoms with Gasteiger partial charge < -0.3 is 9.80 Å². The van der Waals surface area contributed by atoms with Gasteiger partial charge in [-0.2, -0.15) is 0 Å². The Balaban J connectivity index is 2.08. The number of benzene rings is 1. The molecule has 0 bridgehead atoms. The molecular formula is C16H19ClN2O2. The number of hydrogen-bond acceptors (Lipinski definition) is 2. The molecule has 0 spiro atoms. The number of rotatable bonds is 2. The van der Waals surface area contributed by atoms with Crippen LogP contribution in [0.5, 0.6) is 0 Å². The minimum Gasteiger partial charge on any atom is -0.348 e. The van der Waals surface area contributed by atoms with Crippen LogP contribution in [0.25, 0.3) is 0 Å². The Hall–Kier alpha value is -1.55. The predicted octanol–water partition coefficient (Wildman–Crippen LogP) is 2.06. The lowest BCUT2D eigenvalue weighted by Crippen LogP contribution is -2.46. The fourth-order valence-corrected chi connectivity index (χ4v) is 4.04. The van der Waals surface area contributed by atoms with Crippen molar-refractivity contribution in [1.29, 1.82) is 0 Å². The molecular weight excluding hydrogens is 288 g/mol. The lowest BCUT2D eigenvalue weighted by molar-refractivity contribution is -0.135. The molecule has 2 heterocycles. The van der Waals surface area contributed by atoms with Crippen LogP contribution < -0.4 is 0 Å². The smallest absolute Gasteiger partial charge is 0.234 e. The van der Waals surface area contributed by atoms with E-state index in [0.717, 1.165) is 12.0 Å². The summed E-state index contributed by atoms with van der Waals surface area (Å²) in [5, 5.41) is 0.598. The summed E-state index contributed by atoms with van der Waals surface area (Å²) >= 11 is 6.36. The number of carbonyl (C=O) groups is 2. The zero-order chi connectivity index (χ0) is 15.2. The highest BCUT2D eigenvalue weighted by atomic mass is 35.5. The van der Waals surface area contributed by atoms with Gasteiger partial charge in [0.1, 0.15) is 0 Å². The molecule has 0 aromatic heterocycles. The van der Waals surface area contributed by atoms with Crippen molar-refractivity contribution >= 4 is 23.4 Å². The highest BCUT2D eigenvalue weighted by molar-refractivity contribution is 6.31. The third-order valence-corrected chi connectivity index (χ3v) is 5.01. The minimum absolute atomic E-state index is 0.0257. The molecule has 2 atom stereocenters. The van der Waals surface area contributed by atoms with E-state index in [-0.39, 0.29) is 17.9 Å². The molecule has 2 fully saturated rings. The number of likely N-dealkylation sites (N-methyl/N-ethyl adjacent to an activating group) is 1. The number of amides is 2. The van der Waals surface area contributed by atoms with Crippen LogP contribution >= 0.6 is 11.6 Å². The Kier molecular flexibility index (Phi) is 3.44. The molecule has 1 aromatic rings. The summed E-state index contributed by atoms with van der Waals surface area (Å²) < 4.78 is 0. The van der Waals surface area contributed by atoms with Gasteiger partial charge in [0.15, 0.2) is 0 Å². The van der Waals surface area contributed by atoms with Crippen molar-refractivity contribution in [3.63, 3.8) is 0 Å². The summed E-state index contributed by atoms with van der Waals surface area (Å²) in [6, 6.07) is 7.65. The van der Waals surface area contributed by atoms with Gasteiger partial charge in [-0.3, -0.25) is 9.59 Å². The second-order valence-corrected chi connectivity index (χ2v) is 6.59. The first-order chi connectivity index (χ1) is 9.95. The van der Waals surface area contributed by atoms with Gasteiger partial charge in [0.05, 0.1) is 5.41 Å². The Morgan fingerprint density at radius 1 is 1.38 bits per heavy atom. The van der Waals surface area contributed by atoms with Crippen LogP contribution in [0.4, 0.5) is 0 Å². The van der Waals surface area contributed by atoms with Gasteiger partial charge in [-0.15, -0.1) is 0 Å². The van der Waals surface area contributed by atoms with E-state index in [2.05, 4.69) is 0 Å². The van der Waals surface area contributed by atoms with Gasteiger partial charge in [-0.1, -0.05) is 29.8 Å². The second kappa shape index (κ2) is 5.02. The molecule has 4 nitrogen and oxygen atoms in total. The van der Waals surface area contributed by atoms with Crippen molar-refractivity contribution in [2.24, 2.45) is 0 Å². The molecule has 1 aromatic carbocycles. The normalized spacial score (nSPS) is 27.9. The maximum Gasteiger partial charge on any atom is 0.234 e. The van der Waals surface area contributed by atoms with Gasteiger partial charge in [0.25, 0.3) is 0 Å². The van der Waals surface area contributed by atoms with Crippen molar-refractivity contribution in [1.82, 2.24) is 9.80 Å². The highest BCUT2D eigenvalue weighted by Gasteiger charge is 2.54. The highest BCUT2D eigenvalue weighted by Crippen LogP contribution is 2.45. The van der Waals surface area contributed by atoms with Crippen molar-refractivity contribution < 1.29 is 9.59 Å². The molecule has 112 valence electrons. The first-order valence-corrected chi connectivity index (χ1v) is 7.60. The third kappa shape index (κ3) is 2.13. The summed E-state index contributed by atoms with van der Waals surface area (Å²) in [5.41, 5.74) is 0.135.